The molecule has 0 saturated carbocycles. The Morgan fingerprint density at radius 1 is 1.20 bits per heavy atom. The summed E-state index contributed by atoms with van der Waals surface area (Å²) in [6, 6.07) is 3.78. The molecule has 1 aromatic carbocycles. The van der Waals surface area contributed by atoms with E-state index in [-0.39, 0.29) is 12.0 Å². The standard InChI is InChI=1S/C15H19BrO4/c1-9-10(3-6-18-9)15(17)11-7-13-14(8-12(11)16)20-5-2-4-19-13/h7-10,15,17H,2-6H2,1H3. The zero-order valence-corrected chi connectivity index (χ0v) is 13.1. The van der Waals surface area contributed by atoms with Crippen molar-refractivity contribution in [3.63, 3.8) is 0 Å². The second kappa shape index (κ2) is 5.92. The lowest BCUT2D eigenvalue weighted by Gasteiger charge is -2.23. The number of aliphatic hydroxyl groups excluding tert-OH is 1. The molecule has 0 radical (unpaired) electrons. The minimum absolute atomic E-state index is 0.0767. The second-order valence-corrected chi connectivity index (χ2v) is 6.20. The van der Waals surface area contributed by atoms with E-state index in [1.165, 1.54) is 0 Å². The maximum absolute atomic E-state index is 10.6. The first-order chi connectivity index (χ1) is 9.66. The third-order valence-corrected chi connectivity index (χ3v) is 4.71. The predicted molar refractivity (Wildman–Crippen MR) is 78.2 cm³/mol. The summed E-state index contributed by atoms with van der Waals surface area (Å²) in [5.74, 6) is 1.57. The van der Waals surface area contributed by atoms with Gasteiger partial charge in [-0.25, -0.2) is 0 Å². The summed E-state index contributed by atoms with van der Waals surface area (Å²) in [7, 11) is 0. The number of halogens is 1. The molecule has 3 rings (SSSR count). The fourth-order valence-corrected chi connectivity index (χ4v) is 3.38. The van der Waals surface area contributed by atoms with Crippen molar-refractivity contribution in [1.29, 1.82) is 0 Å². The van der Waals surface area contributed by atoms with Gasteiger partial charge >= 0.3 is 0 Å². The van der Waals surface area contributed by atoms with Crippen LogP contribution in [0.5, 0.6) is 11.5 Å². The molecule has 2 heterocycles. The molecule has 0 aliphatic carbocycles. The summed E-state index contributed by atoms with van der Waals surface area (Å²) < 4.78 is 17.7. The topological polar surface area (TPSA) is 47.9 Å². The molecule has 0 aromatic heterocycles. The minimum atomic E-state index is -0.556. The molecule has 3 unspecified atom stereocenters. The molecule has 0 amide bonds. The maximum atomic E-state index is 10.6. The van der Waals surface area contributed by atoms with Crippen LogP contribution in [-0.4, -0.2) is 31.0 Å². The van der Waals surface area contributed by atoms with Gasteiger partial charge in [0.15, 0.2) is 11.5 Å². The fraction of sp³-hybridized carbons (Fsp3) is 0.600. The number of ether oxygens (including phenoxy) is 3. The zero-order chi connectivity index (χ0) is 14.1. The van der Waals surface area contributed by atoms with E-state index in [2.05, 4.69) is 15.9 Å². The van der Waals surface area contributed by atoms with E-state index in [1.807, 2.05) is 19.1 Å². The van der Waals surface area contributed by atoms with Crippen LogP contribution < -0.4 is 9.47 Å². The molecule has 5 heteroatoms. The Bertz CT molecular complexity index is 491. The molecule has 3 atom stereocenters. The lowest BCUT2D eigenvalue weighted by molar-refractivity contribution is 0.0427. The van der Waals surface area contributed by atoms with Crippen LogP contribution in [0.2, 0.25) is 0 Å². The maximum Gasteiger partial charge on any atom is 0.162 e. The molecule has 1 saturated heterocycles. The summed E-state index contributed by atoms with van der Waals surface area (Å²) in [5.41, 5.74) is 0.844. The number of hydrogen-bond donors (Lipinski definition) is 1. The number of rotatable bonds is 2. The van der Waals surface area contributed by atoms with Gasteiger partial charge in [0.05, 0.1) is 25.4 Å². The number of fused-ring (bicyclic) bond motifs is 1. The molecule has 0 spiro atoms. The molecule has 110 valence electrons. The molecular formula is C15H19BrO4. The van der Waals surface area contributed by atoms with Gasteiger partial charge in [0.2, 0.25) is 0 Å². The first kappa shape index (κ1) is 14.2. The van der Waals surface area contributed by atoms with Crippen molar-refractivity contribution in [3.05, 3.63) is 22.2 Å². The van der Waals surface area contributed by atoms with Crippen molar-refractivity contribution < 1.29 is 19.3 Å². The first-order valence-electron chi connectivity index (χ1n) is 7.05. The van der Waals surface area contributed by atoms with Crippen molar-refractivity contribution >= 4 is 15.9 Å². The van der Waals surface area contributed by atoms with E-state index in [0.717, 1.165) is 28.6 Å². The Kier molecular flexibility index (Phi) is 4.19. The van der Waals surface area contributed by atoms with Gasteiger partial charge < -0.3 is 19.3 Å². The Labute approximate surface area is 127 Å². The quantitative estimate of drug-likeness (QED) is 0.897. The summed E-state index contributed by atoms with van der Waals surface area (Å²) in [6.45, 7) is 4.03. The van der Waals surface area contributed by atoms with Crippen molar-refractivity contribution in [2.45, 2.75) is 32.0 Å². The normalized spacial score (nSPS) is 27.1. The Morgan fingerprint density at radius 2 is 1.90 bits per heavy atom. The number of aliphatic hydroxyl groups is 1. The van der Waals surface area contributed by atoms with Crippen molar-refractivity contribution in [3.8, 4) is 11.5 Å². The van der Waals surface area contributed by atoms with Gasteiger partial charge in [-0.3, -0.25) is 0 Å². The van der Waals surface area contributed by atoms with Crippen LogP contribution in [0.1, 0.15) is 31.4 Å². The van der Waals surface area contributed by atoms with Gasteiger partial charge in [-0.1, -0.05) is 15.9 Å². The summed E-state index contributed by atoms with van der Waals surface area (Å²) >= 11 is 3.53. The number of benzene rings is 1. The van der Waals surface area contributed by atoms with Crippen LogP contribution in [-0.2, 0) is 4.74 Å². The van der Waals surface area contributed by atoms with Crippen LogP contribution in [0, 0.1) is 5.92 Å². The molecule has 20 heavy (non-hydrogen) atoms. The highest BCUT2D eigenvalue weighted by molar-refractivity contribution is 9.10. The lowest BCUT2D eigenvalue weighted by atomic mass is 9.90. The molecule has 2 aliphatic rings. The van der Waals surface area contributed by atoms with Crippen LogP contribution >= 0.6 is 15.9 Å². The van der Waals surface area contributed by atoms with E-state index in [9.17, 15) is 5.11 Å². The van der Waals surface area contributed by atoms with Gasteiger partial charge in [-0.2, -0.15) is 0 Å². The Balaban J connectivity index is 1.91. The van der Waals surface area contributed by atoms with Gasteiger partial charge in [0.1, 0.15) is 0 Å². The van der Waals surface area contributed by atoms with Crippen molar-refractivity contribution in [2.75, 3.05) is 19.8 Å². The zero-order valence-electron chi connectivity index (χ0n) is 11.5. The van der Waals surface area contributed by atoms with Gasteiger partial charge in [-0.05, 0) is 31.0 Å². The van der Waals surface area contributed by atoms with Gasteiger partial charge in [-0.15, -0.1) is 0 Å². The summed E-state index contributed by atoms with van der Waals surface area (Å²) in [5, 5.41) is 10.6. The Morgan fingerprint density at radius 3 is 2.55 bits per heavy atom. The monoisotopic (exact) mass is 342 g/mol. The highest BCUT2D eigenvalue weighted by Gasteiger charge is 2.33. The molecule has 4 nitrogen and oxygen atoms in total. The van der Waals surface area contributed by atoms with Crippen LogP contribution in [0.4, 0.5) is 0 Å². The second-order valence-electron chi connectivity index (χ2n) is 5.34. The van der Waals surface area contributed by atoms with E-state index in [4.69, 9.17) is 14.2 Å². The van der Waals surface area contributed by atoms with Gasteiger partial charge in [0.25, 0.3) is 0 Å². The Hall–Kier alpha value is -0.780. The third kappa shape index (κ3) is 2.67. The van der Waals surface area contributed by atoms with Gasteiger partial charge in [0, 0.05) is 23.4 Å². The van der Waals surface area contributed by atoms with Crippen LogP contribution in [0.25, 0.3) is 0 Å². The average Bonchev–Trinajstić information content (AvgIpc) is 2.72. The van der Waals surface area contributed by atoms with Crippen LogP contribution in [0.15, 0.2) is 16.6 Å². The first-order valence-corrected chi connectivity index (χ1v) is 7.85. The molecule has 2 aliphatic heterocycles. The fourth-order valence-electron chi connectivity index (χ4n) is 2.82. The molecule has 1 fully saturated rings. The van der Waals surface area contributed by atoms with Crippen molar-refractivity contribution in [1.82, 2.24) is 0 Å². The highest BCUT2D eigenvalue weighted by atomic mass is 79.9. The van der Waals surface area contributed by atoms with E-state index < -0.39 is 6.10 Å². The summed E-state index contributed by atoms with van der Waals surface area (Å²) in [6.07, 6.45) is 1.27. The smallest absolute Gasteiger partial charge is 0.162 e. The minimum Gasteiger partial charge on any atom is -0.490 e. The van der Waals surface area contributed by atoms with E-state index >= 15 is 0 Å². The largest absolute Gasteiger partial charge is 0.490 e. The summed E-state index contributed by atoms with van der Waals surface area (Å²) in [4.78, 5) is 0. The predicted octanol–water partition coefficient (Wildman–Crippen LogP) is 3.07. The lowest BCUT2D eigenvalue weighted by Crippen LogP contribution is -2.20. The average molecular weight is 343 g/mol. The molecule has 1 aromatic rings. The third-order valence-electron chi connectivity index (χ3n) is 4.03. The van der Waals surface area contributed by atoms with Crippen LogP contribution in [0.3, 0.4) is 0 Å². The van der Waals surface area contributed by atoms with E-state index in [1.54, 1.807) is 0 Å². The van der Waals surface area contributed by atoms with E-state index in [0.29, 0.717) is 25.6 Å². The highest BCUT2D eigenvalue weighted by Crippen LogP contribution is 2.41. The molecule has 1 N–H and O–H groups in total. The SMILES string of the molecule is CC1OCCC1C(O)c1cc2c(cc1Br)OCCCO2. The molecular weight excluding hydrogens is 324 g/mol. The van der Waals surface area contributed by atoms with Crippen molar-refractivity contribution in [2.24, 2.45) is 5.92 Å². The molecule has 0 bridgehead atoms. The number of hydrogen-bond acceptors (Lipinski definition) is 4.